The summed E-state index contributed by atoms with van der Waals surface area (Å²) >= 11 is 1.41. The number of ether oxygens (including phenoxy) is 1. The number of hydrogen-bond acceptors (Lipinski definition) is 4. The molecule has 138 valence electrons. The lowest BCUT2D eigenvalue weighted by atomic mass is 9.87. The molecule has 4 nitrogen and oxygen atoms in total. The van der Waals surface area contributed by atoms with Crippen molar-refractivity contribution >= 4 is 29.3 Å². The number of rotatable bonds is 5. The molecule has 0 saturated heterocycles. The number of hydrogen-bond donors (Lipinski definition) is 1. The van der Waals surface area contributed by atoms with Gasteiger partial charge >= 0.3 is 5.97 Å². The van der Waals surface area contributed by atoms with Gasteiger partial charge in [-0.15, -0.1) is 11.8 Å². The quantitative estimate of drug-likeness (QED) is 0.611. The molecule has 0 spiro atoms. The molecule has 1 amide bonds. The van der Waals surface area contributed by atoms with Gasteiger partial charge in [0.25, 0.3) is 0 Å². The average molecular weight is 375 g/mol. The van der Waals surface area contributed by atoms with Gasteiger partial charge in [0.2, 0.25) is 5.91 Å². The van der Waals surface area contributed by atoms with Crippen molar-refractivity contribution in [1.82, 2.24) is 0 Å². The first-order valence-electron chi connectivity index (χ1n) is 8.12. The summed E-state index contributed by atoms with van der Waals surface area (Å²) in [5.41, 5.74) is 1.45. The van der Waals surface area contributed by atoms with Crippen molar-refractivity contribution in [3.63, 3.8) is 0 Å². The summed E-state index contributed by atoms with van der Waals surface area (Å²) in [6.45, 7) is 6.44. The highest BCUT2D eigenvalue weighted by Crippen LogP contribution is 2.26. The van der Waals surface area contributed by atoms with Crippen molar-refractivity contribution in [3.8, 4) is 0 Å². The SMILES string of the molecule is COC(=O)c1cc(NC(=O)CSc2ccc(C(C)(C)C)cc2)ccc1F. The molecule has 0 aliphatic carbocycles. The Morgan fingerprint density at radius 3 is 2.35 bits per heavy atom. The van der Waals surface area contributed by atoms with Crippen LogP contribution in [0.3, 0.4) is 0 Å². The third-order valence-corrected chi connectivity index (χ3v) is 4.76. The first-order valence-corrected chi connectivity index (χ1v) is 9.10. The molecule has 0 aliphatic rings. The molecule has 0 saturated carbocycles. The van der Waals surface area contributed by atoms with Gasteiger partial charge in [0.05, 0.1) is 18.4 Å². The van der Waals surface area contributed by atoms with Gasteiger partial charge in [-0.05, 0) is 41.3 Å². The smallest absolute Gasteiger partial charge is 0.340 e. The average Bonchev–Trinajstić information content (AvgIpc) is 2.60. The van der Waals surface area contributed by atoms with Gasteiger partial charge < -0.3 is 10.1 Å². The summed E-state index contributed by atoms with van der Waals surface area (Å²) in [5, 5.41) is 2.66. The number of methoxy groups -OCH3 is 1. The van der Waals surface area contributed by atoms with Crippen LogP contribution < -0.4 is 5.32 Å². The topological polar surface area (TPSA) is 55.4 Å². The van der Waals surface area contributed by atoms with Crippen LogP contribution in [-0.4, -0.2) is 24.7 Å². The fourth-order valence-electron chi connectivity index (χ4n) is 2.27. The molecule has 0 unspecified atom stereocenters. The second-order valence-electron chi connectivity index (χ2n) is 6.80. The van der Waals surface area contributed by atoms with Crippen LogP contribution >= 0.6 is 11.8 Å². The van der Waals surface area contributed by atoms with Gasteiger partial charge in [-0.2, -0.15) is 0 Å². The first-order chi connectivity index (χ1) is 12.2. The summed E-state index contributed by atoms with van der Waals surface area (Å²) in [6.07, 6.45) is 0. The highest BCUT2D eigenvalue weighted by molar-refractivity contribution is 8.00. The Labute approximate surface area is 157 Å². The molecule has 0 heterocycles. The Morgan fingerprint density at radius 1 is 1.12 bits per heavy atom. The molecule has 26 heavy (non-hydrogen) atoms. The number of benzene rings is 2. The minimum absolute atomic E-state index is 0.0838. The summed E-state index contributed by atoms with van der Waals surface area (Å²) in [4.78, 5) is 24.6. The van der Waals surface area contributed by atoms with Gasteiger partial charge in [0, 0.05) is 10.6 Å². The number of halogens is 1. The van der Waals surface area contributed by atoms with E-state index in [0.29, 0.717) is 5.69 Å². The lowest BCUT2D eigenvalue weighted by molar-refractivity contribution is -0.113. The molecule has 0 fully saturated rings. The number of thioether (sulfide) groups is 1. The molecular formula is C20H22FNO3S. The number of carbonyl (C=O) groups is 2. The summed E-state index contributed by atoms with van der Waals surface area (Å²) < 4.78 is 18.1. The van der Waals surface area contributed by atoms with E-state index in [-0.39, 0.29) is 22.6 Å². The monoisotopic (exact) mass is 375 g/mol. The fourth-order valence-corrected chi connectivity index (χ4v) is 2.96. The normalized spacial score (nSPS) is 11.1. The third kappa shape index (κ3) is 5.33. The van der Waals surface area contributed by atoms with E-state index in [1.807, 2.05) is 12.1 Å². The molecule has 2 aromatic rings. The van der Waals surface area contributed by atoms with Crippen LogP contribution in [0.25, 0.3) is 0 Å². The van der Waals surface area contributed by atoms with Crippen LogP contribution in [0.4, 0.5) is 10.1 Å². The van der Waals surface area contributed by atoms with Crippen molar-refractivity contribution < 1.29 is 18.7 Å². The molecule has 0 aromatic heterocycles. The molecule has 0 radical (unpaired) electrons. The summed E-state index contributed by atoms with van der Waals surface area (Å²) in [5.74, 6) is -1.51. The number of amides is 1. The molecule has 0 aliphatic heterocycles. The number of nitrogens with one attached hydrogen (secondary N) is 1. The predicted octanol–water partition coefficient (Wildman–Crippen LogP) is 4.64. The van der Waals surface area contributed by atoms with E-state index in [2.05, 4.69) is 43.0 Å². The molecule has 2 rings (SSSR count). The zero-order chi connectivity index (χ0) is 19.3. The summed E-state index contributed by atoms with van der Waals surface area (Å²) in [6, 6.07) is 11.9. The van der Waals surface area contributed by atoms with Gasteiger partial charge in [-0.25, -0.2) is 9.18 Å². The largest absolute Gasteiger partial charge is 0.465 e. The molecule has 6 heteroatoms. The minimum atomic E-state index is -0.785. The first kappa shape index (κ1) is 20.0. The number of carbonyl (C=O) groups excluding carboxylic acids is 2. The van der Waals surface area contributed by atoms with Crippen LogP contribution in [0, 0.1) is 5.82 Å². The van der Waals surface area contributed by atoms with Crippen LogP contribution in [0.2, 0.25) is 0 Å². The van der Waals surface area contributed by atoms with Crippen LogP contribution in [0.15, 0.2) is 47.4 Å². The highest BCUT2D eigenvalue weighted by atomic mass is 32.2. The van der Waals surface area contributed by atoms with E-state index in [1.54, 1.807) is 0 Å². The van der Waals surface area contributed by atoms with Gasteiger partial charge in [-0.1, -0.05) is 32.9 Å². The Bertz CT molecular complexity index is 798. The van der Waals surface area contributed by atoms with E-state index in [0.717, 1.165) is 11.0 Å². The molecule has 0 bridgehead atoms. The molecular weight excluding hydrogens is 353 g/mol. The Kier molecular flexibility index (Phi) is 6.42. The van der Waals surface area contributed by atoms with Gasteiger partial charge in [0.15, 0.2) is 0 Å². The van der Waals surface area contributed by atoms with E-state index >= 15 is 0 Å². The highest BCUT2D eigenvalue weighted by Gasteiger charge is 2.15. The fraction of sp³-hybridized carbons (Fsp3) is 0.300. The number of esters is 1. The van der Waals surface area contributed by atoms with Crippen molar-refractivity contribution in [2.45, 2.75) is 31.1 Å². The van der Waals surface area contributed by atoms with Crippen molar-refractivity contribution in [2.24, 2.45) is 0 Å². The second-order valence-corrected chi connectivity index (χ2v) is 7.85. The predicted molar refractivity (Wildman–Crippen MR) is 102 cm³/mol. The second kappa shape index (κ2) is 8.36. The maximum Gasteiger partial charge on any atom is 0.340 e. The standard InChI is InChI=1S/C20H22FNO3S/c1-20(2,3)13-5-8-15(9-6-13)26-12-18(23)22-14-7-10-17(21)16(11-14)19(24)25-4/h5-11H,12H2,1-4H3,(H,22,23). The lowest BCUT2D eigenvalue weighted by Gasteiger charge is -2.19. The maximum atomic E-state index is 13.6. The Morgan fingerprint density at radius 2 is 1.77 bits per heavy atom. The van der Waals surface area contributed by atoms with Gasteiger partial charge in [0.1, 0.15) is 5.82 Å². The van der Waals surface area contributed by atoms with Crippen LogP contribution in [-0.2, 0) is 14.9 Å². The number of anilines is 1. The van der Waals surface area contributed by atoms with Crippen molar-refractivity contribution in [1.29, 1.82) is 0 Å². The molecule has 1 N–H and O–H groups in total. The lowest BCUT2D eigenvalue weighted by Crippen LogP contribution is -2.15. The zero-order valence-corrected chi connectivity index (χ0v) is 16.1. The van der Waals surface area contributed by atoms with E-state index in [1.165, 1.54) is 36.6 Å². The summed E-state index contributed by atoms with van der Waals surface area (Å²) in [7, 11) is 1.18. The van der Waals surface area contributed by atoms with E-state index in [4.69, 9.17) is 0 Å². The van der Waals surface area contributed by atoms with Gasteiger partial charge in [-0.3, -0.25) is 4.79 Å². The minimum Gasteiger partial charge on any atom is -0.465 e. The molecule has 2 aromatic carbocycles. The zero-order valence-electron chi connectivity index (χ0n) is 15.3. The third-order valence-electron chi connectivity index (χ3n) is 3.75. The van der Waals surface area contributed by atoms with Crippen molar-refractivity contribution in [2.75, 3.05) is 18.2 Å². The van der Waals surface area contributed by atoms with E-state index < -0.39 is 11.8 Å². The van der Waals surface area contributed by atoms with E-state index in [9.17, 15) is 14.0 Å². The maximum absolute atomic E-state index is 13.6. The Balaban J connectivity index is 1.96. The van der Waals surface area contributed by atoms with Crippen LogP contribution in [0.1, 0.15) is 36.7 Å². The van der Waals surface area contributed by atoms with Crippen molar-refractivity contribution in [3.05, 3.63) is 59.4 Å². The van der Waals surface area contributed by atoms with Crippen LogP contribution in [0.5, 0.6) is 0 Å². The Hall–Kier alpha value is -2.34. The molecule has 0 atom stereocenters.